The van der Waals surface area contributed by atoms with Crippen LogP contribution < -0.4 is 4.74 Å². The van der Waals surface area contributed by atoms with Crippen molar-refractivity contribution in [1.29, 1.82) is 0 Å². The van der Waals surface area contributed by atoms with E-state index in [4.69, 9.17) is 4.74 Å². The Bertz CT molecular complexity index is 426. The Morgan fingerprint density at radius 2 is 2.07 bits per heavy atom. The molecule has 0 saturated heterocycles. The molecule has 0 aliphatic rings. The first kappa shape index (κ1) is 11.5. The lowest BCUT2D eigenvalue weighted by Crippen LogP contribution is -2.06. The van der Waals surface area contributed by atoms with Gasteiger partial charge >= 0.3 is 0 Å². The molecule has 1 aromatic carbocycles. The number of sulfone groups is 1. The molecule has 14 heavy (non-hydrogen) atoms. The second-order valence-corrected chi connectivity index (χ2v) is 5.78. The molecule has 78 valence electrons. The Balaban J connectivity index is 3.42. The van der Waals surface area contributed by atoms with Crippen LogP contribution in [0.15, 0.2) is 27.6 Å². The molecule has 0 heterocycles. The molecule has 3 nitrogen and oxygen atoms in total. The minimum atomic E-state index is -3.22. The topological polar surface area (TPSA) is 43.4 Å². The van der Waals surface area contributed by atoms with Crippen LogP contribution in [-0.2, 0) is 9.84 Å². The Labute approximate surface area is 92.1 Å². The minimum absolute atomic E-state index is 0.0693. The van der Waals surface area contributed by atoms with Crippen molar-refractivity contribution < 1.29 is 13.2 Å². The summed E-state index contributed by atoms with van der Waals surface area (Å²) in [6, 6.07) is 4.96. The van der Waals surface area contributed by atoms with Crippen LogP contribution in [0.5, 0.6) is 5.75 Å². The summed E-state index contributed by atoms with van der Waals surface area (Å²) in [5, 5.41) is 0. The highest BCUT2D eigenvalue weighted by molar-refractivity contribution is 9.10. The number of rotatable bonds is 3. The number of hydrogen-bond acceptors (Lipinski definition) is 3. The molecule has 5 heteroatoms. The fraction of sp³-hybridized carbons (Fsp3) is 0.333. The summed E-state index contributed by atoms with van der Waals surface area (Å²) in [7, 11) is -1.77. The van der Waals surface area contributed by atoms with E-state index in [0.717, 1.165) is 0 Å². The van der Waals surface area contributed by atoms with Crippen LogP contribution in [0.2, 0.25) is 0 Å². The van der Waals surface area contributed by atoms with Gasteiger partial charge in [0.25, 0.3) is 0 Å². The van der Waals surface area contributed by atoms with Gasteiger partial charge in [-0.3, -0.25) is 0 Å². The average molecular weight is 279 g/mol. The van der Waals surface area contributed by atoms with Gasteiger partial charge in [-0.05, 0) is 28.1 Å². The molecule has 0 N–H and O–H groups in total. The first-order valence-electron chi connectivity index (χ1n) is 4.08. The number of methoxy groups -OCH3 is 1. The van der Waals surface area contributed by atoms with Crippen molar-refractivity contribution in [3.05, 3.63) is 22.7 Å². The number of para-hydroxylation sites is 1. The molecule has 0 amide bonds. The van der Waals surface area contributed by atoms with Crippen LogP contribution in [0.4, 0.5) is 0 Å². The van der Waals surface area contributed by atoms with Gasteiger partial charge < -0.3 is 4.74 Å². The van der Waals surface area contributed by atoms with Gasteiger partial charge in [-0.15, -0.1) is 0 Å². The molecule has 1 aromatic rings. The monoisotopic (exact) mass is 278 g/mol. The van der Waals surface area contributed by atoms with E-state index in [1.807, 2.05) is 0 Å². The molecule has 0 bridgehead atoms. The molecule has 0 fully saturated rings. The fourth-order valence-electron chi connectivity index (χ4n) is 1.09. The van der Waals surface area contributed by atoms with E-state index >= 15 is 0 Å². The summed E-state index contributed by atoms with van der Waals surface area (Å²) in [5.74, 6) is 0.439. The summed E-state index contributed by atoms with van der Waals surface area (Å²) in [6.45, 7) is 1.61. The average Bonchev–Trinajstić information content (AvgIpc) is 2.17. The summed E-state index contributed by atoms with van der Waals surface area (Å²) in [5.41, 5.74) is 0. The third-order valence-electron chi connectivity index (χ3n) is 1.85. The highest BCUT2D eigenvalue weighted by Crippen LogP contribution is 2.32. The maximum absolute atomic E-state index is 11.6. The lowest BCUT2D eigenvalue weighted by atomic mass is 10.3. The van der Waals surface area contributed by atoms with E-state index in [1.165, 1.54) is 7.11 Å². The number of halogens is 1. The number of ether oxygens (including phenoxy) is 1. The van der Waals surface area contributed by atoms with Gasteiger partial charge in [0.05, 0.1) is 17.3 Å². The van der Waals surface area contributed by atoms with Gasteiger partial charge in [-0.25, -0.2) is 8.42 Å². The summed E-state index contributed by atoms with van der Waals surface area (Å²) >= 11 is 3.24. The van der Waals surface area contributed by atoms with E-state index in [0.29, 0.717) is 10.2 Å². The van der Waals surface area contributed by atoms with Gasteiger partial charge in [0, 0.05) is 0 Å². The SMILES string of the molecule is CCS(=O)(=O)c1cccc(Br)c1OC. The van der Waals surface area contributed by atoms with Crippen molar-refractivity contribution in [3.63, 3.8) is 0 Å². The van der Waals surface area contributed by atoms with Crippen molar-refractivity contribution in [2.75, 3.05) is 12.9 Å². The zero-order valence-corrected chi connectivity index (χ0v) is 10.4. The van der Waals surface area contributed by atoms with Gasteiger partial charge in [-0.2, -0.15) is 0 Å². The molecule has 0 saturated carbocycles. The summed E-state index contributed by atoms with van der Waals surface area (Å²) in [6.07, 6.45) is 0. The second kappa shape index (κ2) is 4.31. The van der Waals surface area contributed by atoms with E-state index in [1.54, 1.807) is 25.1 Å². The van der Waals surface area contributed by atoms with E-state index < -0.39 is 9.84 Å². The highest BCUT2D eigenvalue weighted by atomic mass is 79.9. The van der Waals surface area contributed by atoms with Gasteiger partial charge in [0.2, 0.25) is 0 Å². The van der Waals surface area contributed by atoms with Crippen LogP contribution in [0.3, 0.4) is 0 Å². The smallest absolute Gasteiger partial charge is 0.181 e. The van der Waals surface area contributed by atoms with Gasteiger partial charge in [0.15, 0.2) is 15.6 Å². The van der Waals surface area contributed by atoms with Crippen molar-refractivity contribution in [1.82, 2.24) is 0 Å². The first-order chi connectivity index (χ1) is 6.53. The third-order valence-corrected chi connectivity index (χ3v) is 4.23. The lowest BCUT2D eigenvalue weighted by molar-refractivity contribution is 0.400. The zero-order chi connectivity index (χ0) is 10.8. The molecule has 1 rings (SSSR count). The predicted octanol–water partition coefficient (Wildman–Crippen LogP) is 2.25. The Morgan fingerprint density at radius 1 is 1.43 bits per heavy atom. The molecule has 0 aliphatic carbocycles. The highest BCUT2D eigenvalue weighted by Gasteiger charge is 2.18. The van der Waals surface area contributed by atoms with Crippen LogP contribution in [0, 0.1) is 0 Å². The molecule has 0 atom stereocenters. The van der Waals surface area contributed by atoms with E-state index in [2.05, 4.69) is 15.9 Å². The van der Waals surface area contributed by atoms with E-state index in [9.17, 15) is 8.42 Å². The molecule has 0 unspecified atom stereocenters. The lowest BCUT2D eigenvalue weighted by Gasteiger charge is -2.09. The Kier molecular flexibility index (Phi) is 3.55. The van der Waals surface area contributed by atoms with Gasteiger partial charge in [0.1, 0.15) is 4.90 Å². The van der Waals surface area contributed by atoms with Crippen molar-refractivity contribution in [2.24, 2.45) is 0 Å². The van der Waals surface area contributed by atoms with Crippen LogP contribution in [-0.4, -0.2) is 21.3 Å². The van der Waals surface area contributed by atoms with E-state index in [-0.39, 0.29) is 10.6 Å². The van der Waals surface area contributed by atoms with Crippen molar-refractivity contribution >= 4 is 25.8 Å². The number of benzene rings is 1. The normalized spacial score (nSPS) is 11.4. The van der Waals surface area contributed by atoms with Crippen LogP contribution in [0.1, 0.15) is 6.92 Å². The molecule has 0 spiro atoms. The second-order valence-electron chi connectivity index (χ2n) is 2.67. The molecule has 0 radical (unpaired) electrons. The molecule has 0 aliphatic heterocycles. The molecular formula is C9H11BrO3S. The third kappa shape index (κ3) is 2.09. The van der Waals surface area contributed by atoms with Crippen molar-refractivity contribution in [3.8, 4) is 5.75 Å². The first-order valence-corrected chi connectivity index (χ1v) is 6.52. The maximum Gasteiger partial charge on any atom is 0.181 e. The Hall–Kier alpha value is -0.550. The summed E-state index contributed by atoms with van der Waals surface area (Å²) in [4.78, 5) is 0.233. The zero-order valence-electron chi connectivity index (χ0n) is 7.95. The number of hydrogen-bond donors (Lipinski definition) is 0. The van der Waals surface area contributed by atoms with Gasteiger partial charge in [-0.1, -0.05) is 13.0 Å². The quantitative estimate of drug-likeness (QED) is 0.852. The predicted molar refractivity (Wildman–Crippen MR) is 58.4 cm³/mol. The molecule has 0 aromatic heterocycles. The molecular weight excluding hydrogens is 268 g/mol. The maximum atomic E-state index is 11.6. The standard InChI is InChI=1S/C9H11BrO3S/c1-3-14(11,12)8-6-4-5-7(10)9(8)13-2/h4-6H,3H2,1-2H3. The van der Waals surface area contributed by atoms with Crippen LogP contribution >= 0.6 is 15.9 Å². The summed E-state index contributed by atoms with van der Waals surface area (Å²) < 4.78 is 29.0. The minimum Gasteiger partial charge on any atom is -0.494 e. The van der Waals surface area contributed by atoms with Crippen molar-refractivity contribution in [2.45, 2.75) is 11.8 Å². The fourth-order valence-corrected chi connectivity index (χ4v) is 2.82. The van der Waals surface area contributed by atoms with Crippen LogP contribution in [0.25, 0.3) is 0 Å². The Morgan fingerprint density at radius 3 is 2.57 bits per heavy atom. The largest absolute Gasteiger partial charge is 0.494 e.